The lowest BCUT2D eigenvalue weighted by Crippen LogP contribution is -2.27. The van der Waals surface area contributed by atoms with Crippen LogP contribution in [0.1, 0.15) is 47.0 Å². The molecule has 0 aliphatic heterocycles. The van der Waals surface area contributed by atoms with Gasteiger partial charge in [-0.25, -0.2) is 0 Å². The Balaban J connectivity index is 3.59. The molecule has 13 heavy (non-hydrogen) atoms. The maximum atomic E-state index is 11.2. The Labute approximate surface area is 82.3 Å². The van der Waals surface area contributed by atoms with E-state index in [1.807, 2.05) is 18.9 Å². The summed E-state index contributed by atoms with van der Waals surface area (Å²) in [6, 6.07) is 0. The average Bonchev–Trinajstić information content (AvgIpc) is 2.00. The van der Waals surface area contributed by atoms with Gasteiger partial charge in [0.2, 0.25) is 5.91 Å². The van der Waals surface area contributed by atoms with E-state index in [1.54, 1.807) is 0 Å². The van der Waals surface area contributed by atoms with Gasteiger partial charge in [0, 0.05) is 20.0 Å². The molecule has 0 heterocycles. The van der Waals surface area contributed by atoms with Gasteiger partial charge in [-0.15, -0.1) is 0 Å². The van der Waals surface area contributed by atoms with Crippen molar-refractivity contribution in [2.75, 3.05) is 13.6 Å². The van der Waals surface area contributed by atoms with E-state index in [0.29, 0.717) is 11.8 Å². The maximum absolute atomic E-state index is 11.2. The van der Waals surface area contributed by atoms with E-state index in [4.69, 9.17) is 0 Å². The Morgan fingerprint density at radius 1 is 1.31 bits per heavy atom. The highest BCUT2D eigenvalue weighted by Gasteiger charge is 2.11. The van der Waals surface area contributed by atoms with Gasteiger partial charge in [-0.2, -0.15) is 0 Å². The number of amides is 1. The van der Waals surface area contributed by atoms with Crippen molar-refractivity contribution in [3.05, 3.63) is 0 Å². The van der Waals surface area contributed by atoms with Crippen LogP contribution in [-0.4, -0.2) is 24.4 Å². The predicted octanol–water partition coefficient (Wildman–Crippen LogP) is 2.68. The molecule has 0 rings (SSSR count). The number of hydrogen-bond donors (Lipinski definition) is 0. The summed E-state index contributed by atoms with van der Waals surface area (Å²) in [5.74, 6) is 0.244. The molecule has 0 saturated carbocycles. The lowest BCUT2D eigenvalue weighted by atomic mass is 9.90. The van der Waals surface area contributed by atoms with Crippen molar-refractivity contribution in [2.45, 2.75) is 47.0 Å². The lowest BCUT2D eigenvalue weighted by molar-refractivity contribution is -0.129. The molecule has 0 aromatic heterocycles. The van der Waals surface area contributed by atoms with Crippen LogP contribution in [0.4, 0.5) is 0 Å². The van der Waals surface area contributed by atoms with Crippen molar-refractivity contribution in [1.29, 1.82) is 0 Å². The van der Waals surface area contributed by atoms with E-state index in [1.165, 1.54) is 6.42 Å². The molecule has 0 aliphatic rings. The molecule has 0 saturated heterocycles. The van der Waals surface area contributed by atoms with Crippen molar-refractivity contribution in [3.8, 4) is 0 Å². The lowest BCUT2D eigenvalue weighted by Gasteiger charge is -2.21. The molecule has 0 atom stereocenters. The minimum atomic E-state index is 0.244. The van der Waals surface area contributed by atoms with Crippen LogP contribution in [0, 0.1) is 5.41 Å². The third-order valence-corrected chi connectivity index (χ3v) is 2.15. The summed E-state index contributed by atoms with van der Waals surface area (Å²) in [4.78, 5) is 13.0. The van der Waals surface area contributed by atoms with Crippen molar-refractivity contribution in [2.24, 2.45) is 5.41 Å². The topological polar surface area (TPSA) is 20.3 Å². The second kappa shape index (κ2) is 5.25. The Kier molecular flexibility index (Phi) is 5.04. The molecule has 0 N–H and O–H groups in total. The molecule has 0 fully saturated rings. The Morgan fingerprint density at radius 3 is 2.23 bits per heavy atom. The fraction of sp³-hybridized carbons (Fsp3) is 0.909. The molecule has 0 spiro atoms. The number of carbonyl (C=O) groups excluding carboxylic acids is 1. The summed E-state index contributed by atoms with van der Waals surface area (Å²) in [5.41, 5.74) is 0.385. The normalized spacial score (nSPS) is 11.5. The largest absolute Gasteiger partial charge is 0.346 e. The van der Waals surface area contributed by atoms with Gasteiger partial charge in [0.15, 0.2) is 0 Å². The molecule has 0 aromatic carbocycles. The monoisotopic (exact) mass is 185 g/mol. The number of carbonyl (C=O) groups is 1. The average molecular weight is 185 g/mol. The molecule has 0 radical (unpaired) electrons. The summed E-state index contributed by atoms with van der Waals surface area (Å²) in [5, 5.41) is 0. The van der Waals surface area contributed by atoms with E-state index < -0.39 is 0 Å². The summed E-state index contributed by atoms with van der Waals surface area (Å²) >= 11 is 0. The fourth-order valence-electron chi connectivity index (χ4n) is 1.24. The predicted molar refractivity (Wildman–Crippen MR) is 56.6 cm³/mol. The number of rotatable bonds is 4. The molecule has 2 heteroatoms. The molecule has 0 unspecified atom stereocenters. The van der Waals surface area contributed by atoms with Crippen molar-refractivity contribution >= 4 is 5.91 Å². The SMILES string of the molecule is CCC(=O)N(C)CCCC(C)(C)C. The molecule has 0 bridgehead atoms. The first-order valence-corrected chi connectivity index (χ1v) is 5.11. The molecule has 2 nitrogen and oxygen atoms in total. The third-order valence-electron chi connectivity index (χ3n) is 2.15. The first kappa shape index (κ1) is 12.5. The second-order valence-corrected chi connectivity index (χ2v) is 4.83. The van der Waals surface area contributed by atoms with Gasteiger partial charge in [0.1, 0.15) is 0 Å². The van der Waals surface area contributed by atoms with Crippen LogP contribution in [-0.2, 0) is 4.79 Å². The van der Waals surface area contributed by atoms with E-state index in [0.717, 1.165) is 13.0 Å². The smallest absolute Gasteiger partial charge is 0.222 e. The first-order chi connectivity index (χ1) is 5.87. The second-order valence-electron chi connectivity index (χ2n) is 4.83. The minimum absolute atomic E-state index is 0.244. The van der Waals surface area contributed by atoms with Crippen molar-refractivity contribution in [1.82, 2.24) is 4.90 Å². The van der Waals surface area contributed by atoms with Crippen LogP contribution in [0.3, 0.4) is 0 Å². The summed E-state index contributed by atoms with van der Waals surface area (Å²) < 4.78 is 0. The van der Waals surface area contributed by atoms with E-state index in [9.17, 15) is 4.79 Å². The van der Waals surface area contributed by atoms with E-state index >= 15 is 0 Å². The fourth-order valence-corrected chi connectivity index (χ4v) is 1.24. The summed E-state index contributed by atoms with van der Waals surface area (Å²) in [6.07, 6.45) is 2.89. The van der Waals surface area contributed by atoms with Gasteiger partial charge in [-0.05, 0) is 18.3 Å². The van der Waals surface area contributed by atoms with E-state index in [-0.39, 0.29) is 5.91 Å². The molecular weight excluding hydrogens is 162 g/mol. The quantitative estimate of drug-likeness (QED) is 0.659. The van der Waals surface area contributed by atoms with Gasteiger partial charge < -0.3 is 4.90 Å². The molecule has 0 aliphatic carbocycles. The van der Waals surface area contributed by atoms with Crippen LogP contribution >= 0.6 is 0 Å². The highest BCUT2D eigenvalue weighted by Crippen LogP contribution is 2.20. The zero-order valence-electron chi connectivity index (χ0n) is 9.68. The van der Waals surface area contributed by atoms with Crippen LogP contribution in [0.15, 0.2) is 0 Å². The molecular formula is C11H23NO. The number of nitrogens with zero attached hydrogens (tertiary/aromatic N) is 1. The van der Waals surface area contributed by atoms with Gasteiger partial charge in [0.05, 0.1) is 0 Å². The Morgan fingerprint density at radius 2 is 1.85 bits per heavy atom. The molecule has 0 aromatic rings. The van der Waals surface area contributed by atoms with Crippen LogP contribution in [0.25, 0.3) is 0 Å². The van der Waals surface area contributed by atoms with Gasteiger partial charge in [-0.3, -0.25) is 4.79 Å². The Hall–Kier alpha value is -0.530. The molecule has 1 amide bonds. The third kappa shape index (κ3) is 6.62. The Bertz CT molecular complexity index is 158. The van der Waals surface area contributed by atoms with Gasteiger partial charge >= 0.3 is 0 Å². The van der Waals surface area contributed by atoms with Crippen molar-refractivity contribution < 1.29 is 4.79 Å². The van der Waals surface area contributed by atoms with Crippen molar-refractivity contribution in [3.63, 3.8) is 0 Å². The highest BCUT2D eigenvalue weighted by atomic mass is 16.2. The molecule has 78 valence electrons. The van der Waals surface area contributed by atoms with Crippen LogP contribution in [0.2, 0.25) is 0 Å². The highest BCUT2D eigenvalue weighted by molar-refractivity contribution is 5.75. The van der Waals surface area contributed by atoms with Crippen LogP contribution in [0.5, 0.6) is 0 Å². The zero-order valence-corrected chi connectivity index (χ0v) is 9.68. The first-order valence-electron chi connectivity index (χ1n) is 5.11. The van der Waals surface area contributed by atoms with Gasteiger partial charge in [0.25, 0.3) is 0 Å². The zero-order chi connectivity index (χ0) is 10.5. The standard InChI is InChI=1S/C11H23NO/c1-6-10(13)12(5)9-7-8-11(2,3)4/h6-9H2,1-5H3. The number of hydrogen-bond acceptors (Lipinski definition) is 1. The maximum Gasteiger partial charge on any atom is 0.222 e. The van der Waals surface area contributed by atoms with Gasteiger partial charge in [-0.1, -0.05) is 27.7 Å². The van der Waals surface area contributed by atoms with E-state index in [2.05, 4.69) is 20.8 Å². The minimum Gasteiger partial charge on any atom is -0.346 e. The summed E-state index contributed by atoms with van der Waals surface area (Å²) in [6.45, 7) is 9.49. The summed E-state index contributed by atoms with van der Waals surface area (Å²) in [7, 11) is 1.88. The van der Waals surface area contributed by atoms with Crippen LogP contribution < -0.4 is 0 Å².